The van der Waals surface area contributed by atoms with Crippen LogP contribution in [-0.4, -0.2) is 42.8 Å². The van der Waals surface area contributed by atoms with Crippen molar-refractivity contribution in [1.82, 2.24) is 4.90 Å². The SMILES string of the molecule is CC(C(=O)N1[C@H](C)CCC[C@@H]1C)S(C)(=O)=O. The Morgan fingerprint density at radius 3 is 2.06 bits per heavy atom. The zero-order valence-corrected chi connectivity index (χ0v) is 11.3. The third kappa shape index (κ3) is 2.75. The number of rotatable bonds is 2. The van der Waals surface area contributed by atoms with Gasteiger partial charge in [0.25, 0.3) is 0 Å². The molecule has 0 bridgehead atoms. The molecule has 0 aromatic carbocycles. The van der Waals surface area contributed by atoms with Crippen molar-refractivity contribution in [2.24, 2.45) is 0 Å². The van der Waals surface area contributed by atoms with E-state index < -0.39 is 15.1 Å². The maximum absolute atomic E-state index is 12.1. The Kier molecular flexibility index (Phi) is 3.99. The van der Waals surface area contributed by atoms with E-state index in [1.54, 1.807) is 4.90 Å². The van der Waals surface area contributed by atoms with Crippen molar-refractivity contribution >= 4 is 15.7 Å². The number of carbonyl (C=O) groups is 1. The van der Waals surface area contributed by atoms with Crippen molar-refractivity contribution in [1.29, 1.82) is 0 Å². The van der Waals surface area contributed by atoms with Crippen LogP contribution in [-0.2, 0) is 14.6 Å². The topological polar surface area (TPSA) is 54.5 Å². The van der Waals surface area contributed by atoms with Crippen LogP contribution in [0.3, 0.4) is 0 Å². The highest BCUT2D eigenvalue weighted by molar-refractivity contribution is 7.92. The first-order chi connectivity index (χ1) is 7.25. The zero-order chi connectivity index (χ0) is 12.5. The van der Waals surface area contributed by atoms with Crippen molar-refractivity contribution in [2.45, 2.75) is 57.4 Å². The van der Waals surface area contributed by atoms with Gasteiger partial charge in [0, 0.05) is 18.3 Å². The molecule has 0 spiro atoms. The number of hydrogen-bond acceptors (Lipinski definition) is 3. The molecule has 0 aromatic heterocycles. The van der Waals surface area contributed by atoms with Gasteiger partial charge >= 0.3 is 0 Å². The molecule has 4 nitrogen and oxygen atoms in total. The minimum Gasteiger partial charge on any atom is -0.336 e. The van der Waals surface area contributed by atoms with Gasteiger partial charge in [0.15, 0.2) is 9.84 Å². The van der Waals surface area contributed by atoms with Crippen LogP contribution in [0, 0.1) is 0 Å². The molecule has 94 valence electrons. The van der Waals surface area contributed by atoms with Crippen LogP contribution in [0.1, 0.15) is 40.0 Å². The number of piperidine rings is 1. The normalized spacial score (nSPS) is 28.9. The molecule has 1 aliphatic rings. The lowest BCUT2D eigenvalue weighted by Gasteiger charge is -2.40. The summed E-state index contributed by atoms with van der Waals surface area (Å²) < 4.78 is 22.8. The van der Waals surface area contributed by atoms with Gasteiger partial charge in [-0.2, -0.15) is 0 Å². The number of carbonyl (C=O) groups excluding carboxylic acids is 1. The summed E-state index contributed by atoms with van der Waals surface area (Å²) in [4.78, 5) is 13.9. The highest BCUT2D eigenvalue weighted by Crippen LogP contribution is 2.24. The molecule has 0 aliphatic carbocycles. The lowest BCUT2D eigenvalue weighted by atomic mass is 9.97. The van der Waals surface area contributed by atoms with Crippen molar-refractivity contribution < 1.29 is 13.2 Å². The van der Waals surface area contributed by atoms with Crippen LogP contribution in [0.4, 0.5) is 0 Å². The molecule has 16 heavy (non-hydrogen) atoms. The van der Waals surface area contributed by atoms with Crippen LogP contribution in [0.15, 0.2) is 0 Å². The molecular weight excluding hydrogens is 226 g/mol. The van der Waals surface area contributed by atoms with E-state index in [1.165, 1.54) is 6.92 Å². The minimum absolute atomic E-state index is 0.153. The largest absolute Gasteiger partial charge is 0.336 e. The zero-order valence-electron chi connectivity index (χ0n) is 10.4. The van der Waals surface area contributed by atoms with Gasteiger partial charge in [-0.25, -0.2) is 8.42 Å². The first kappa shape index (κ1) is 13.5. The van der Waals surface area contributed by atoms with E-state index in [9.17, 15) is 13.2 Å². The monoisotopic (exact) mass is 247 g/mol. The van der Waals surface area contributed by atoms with Gasteiger partial charge in [0.2, 0.25) is 5.91 Å². The standard InChI is InChI=1S/C11H21NO3S/c1-8-6-5-7-9(2)12(8)11(13)10(3)16(4,14)15/h8-10H,5-7H2,1-4H3/t8-,9+,10?. The van der Waals surface area contributed by atoms with Crippen molar-refractivity contribution in [2.75, 3.05) is 6.26 Å². The molecule has 1 fully saturated rings. The summed E-state index contributed by atoms with van der Waals surface area (Å²) >= 11 is 0. The van der Waals surface area contributed by atoms with E-state index in [0.29, 0.717) is 0 Å². The van der Waals surface area contributed by atoms with Crippen molar-refractivity contribution in [3.8, 4) is 0 Å². The second-order valence-corrected chi connectivity index (χ2v) is 7.21. The molecular formula is C11H21NO3S. The number of sulfone groups is 1. The minimum atomic E-state index is -3.29. The van der Waals surface area contributed by atoms with E-state index in [2.05, 4.69) is 0 Å². The quantitative estimate of drug-likeness (QED) is 0.737. The van der Waals surface area contributed by atoms with Gasteiger partial charge < -0.3 is 4.90 Å². The molecule has 1 aliphatic heterocycles. The highest BCUT2D eigenvalue weighted by atomic mass is 32.2. The summed E-state index contributed by atoms with van der Waals surface area (Å²) in [6, 6.07) is 0.306. The van der Waals surface area contributed by atoms with Crippen LogP contribution in [0.5, 0.6) is 0 Å². The fourth-order valence-corrected chi connectivity index (χ4v) is 2.74. The molecule has 1 saturated heterocycles. The first-order valence-electron chi connectivity index (χ1n) is 5.76. The number of likely N-dealkylation sites (tertiary alicyclic amines) is 1. The predicted molar refractivity (Wildman–Crippen MR) is 63.9 cm³/mol. The third-order valence-corrected chi connectivity index (χ3v) is 4.92. The number of hydrogen-bond donors (Lipinski definition) is 0. The molecule has 1 rings (SSSR count). The molecule has 1 unspecified atom stereocenters. The average Bonchev–Trinajstić information content (AvgIpc) is 2.14. The van der Waals surface area contributed by atoms with Gasteiger partial charge in [-0.3, -0.25) is 4.79 Å². The molecule has 0 saturated carbocycles. The molecule has 0 N–H and O–H groups in total. The molecule has 0 radical (unpaired) electrons. The Labute approximate surface area is 97.9 Å². The fraction of sp³-hybridized carbons (Fsp3) is 0.909. The molecule has 0 aromatic rings. The van der Waals surface area contributed by atoms with E-state index in [1.807, 2.05) is 13.8 Å². The Bertz CT molecular complexity index is 353. The summed E-state index contributed by atoms with van der Waals surface area (Å²) in [5, 5.41) is -0.921. The fourth-order valence-electron chi connectivity index (χ4n) is 2.25. The number of nitrogens with zero attached hydrogens (tertiary/aromatic N) is 1. The summed E-state index contributed by atoms with van der Waals surface area (Å²) in [6.45, 7) is 5.46. The van der Waals surface area contributed by atoms with Crippen LogP contribution in [0.2, 0.25) is 0 Å². The van der Waals surface area contributed by atoms with Gasteiger partial charge in [0.1, 0.15) is 5.25 Å². The highest BCUT2D eigenvalue weighted by Gasteiger charge is 2.35. The average molecular weight is 247 g/mol. The van der Waals surface area contributed by atoms with Gasteiger partial charge in [-0.1, -0.05) is 0 Å². The van der Waals surface area contributed by atoms with Gasteiger partial charge in [-0.05, 0) is 40.0 Å². The van der Waals surface area contributed by atoms with E-state index in [0.717, 1.165) is 25.5 Å². The lowest BCUT2D eigenvalue weighted by Crippen LogP contribution is -2.52. The molecule has 5 heteroatoms. The maximum Gasteiger partial charge on any atom is 0.241 e. The van der Waals surface area contributed by atoms with E-state index in [4.69, 9.17) is 0 Å². The van der Waals surface area contributed by atoms with Gasteiger partial charge in [-0.15, -0.1) is 0 Å². The van der Waals surface area contributed by atoms with Gasteiger partial charge in [0.05, 0.1) is 0 Å². The maximum atomic E-state index is 12.1. The molecule has 3 atom stereocenters. The summed E-state index contributed by atoms with van der Waals surface area (Å²) in [7, 11) is -3.29. The van der Waals surface area contributed by atoms with E-state index in [-0.39, 0.29) is 18.0 Å². The predicted octanol–water partition coefficient (Wildman–Crippen LogP) is 1.21. The summed E-state index contributed by atoms with van der Waals surface area (Å²) in [5.74, 6) is -0.248. The van der Waals surface area contributed by atoms with Crippen molar-refractivity contribution in [3.05, 3.63) is 0 Å². The van der Waals surface area contributed by atoms with Crippen LogP contribution < -0.4 is 0 Å². The Morgan fingerprint density at radius 1 is 1.25 bits per heavy atom. The second-order valence-electron chi connectivity index (χ2n) is 4.85. The smallest absolute Gasteiger partial charge is 0.241 e. The summed E-state index contributed by atoms with van der Waals surface area (Å²) in [5.41, 5.74) is 0. The first-order valence-corrected chi connectivity index (χ1v) is 7.71. The third-order valence-electron chi connectivity index (χ3n) is 3.44. The van der Waals surface area contributed by atoms with E-state index >= 15 is 0 Å². The Balaban J connectivity index is 2.87. The Morgan fingerprint density at radius 2 is 1.69 bits per heavy atom. The molecule has 1 amide bonds. The Hall–Kier alpha value is -0.580. The second kappa shape index (κ2) is 4.73. The molecule has 1 heterocycles. The summed E-state index contributed by atoms with van der Waals surface area (Å²) in [6.07, 6.45) is 4.16. The van der Waals surface area contributed by atoms with Crippen LogP contribution in [0.25, 0.3) is 0 Å². The lowest BCUT2D eigenvalue weighted by molar-refractivity contribution is -0.136. The number of amides is 1. The van der Waals surface area contributed by atoms with Crippen LogP contribution >= 0.6 is 0 Å². The van der Waals surface area contributed by atoms with Crippen molar-refractivity contribution in [3.63, 3.8) is 0 Å².